The molecular weight excluding hydrogens is 682 g/mol. The Morgan fingerprint density at radius 2 is 1.09 bits per heavy atom. The van der Waals surface area contributed by atoms with E-state index in [1.807, 2.05) is 4.90 Å². The molecule has 0 amide bonds. The smallest absolute Gasteiger partial charge is 0.285 e. The Hall–Kier alpha value is -3.45. The highest BCUT2D eigenvalue weighted by molar-refractivity contribution is 7.90. The number of nitrogens with one attached hydrogen (secondary N) is 2. The van der Waals surface area contributed by atoms with Gasteiger partial charge in [0.1, 0.15) is 16.7 Å². The first-order chi connectivity index (χ1) is 22.0. The van der Waals surface area contributed by atoms with Crippen LogP contribution >= 0.6 is 11.6 Å². The standard InChI is InChI=1S/C17H20F2N4O3S.C11H17ClN4O3S/c1-11(2)27(25,26)23-5-3-22(4-6-23)15-10-20-21-17(24)16(15)12-7-13(18)9-14(19)8-12;1-8(2)20(18,19)16-5-3-15(4-6-16)9-7-13-14-11(17)10(9)12/h7-11H,3-6H2,1-2H3,(H,21,24);7-8H,3-6H2,1-2H3,(H,14,17). The first-order valence-corrected chi connectivity index (χ1v) is 18.2. The zero-order valence-electron chi connectivity index (χ0n) is 26.3. The van der Waals surface area contributed by atoms with Gasteiger partial charge in [0, 0.05) is 58.4 Å². The molecule has 2 N–H and O–H groups in total. The number of sulfonamides is 2. The average Bonchev–Trinajstić information content (AvgIpc) is 3.02. The number of H-pyrrole nitrogens is 2. The van der Waals surface area contributed by atoms with Gasteiger partial charge in [-0.2, -0.15) is 18.8 Å². The van der Waals surface area contributed by atoms with Crippen molar-refractivity contribution >= 4 is 43.0 Å². The molecule has 5 rings (SSSR count). The summed E-state index contributed by atoms with van der Waals surface area (Å²) >= 11 is 5.95. The van der Waals surface area contributed by atoms with E-state index in [2.05, 4.69) is 20.4 Å². The van der Waals surface area contributed by atoms with Gasteiger partial charge in [0.05, 0.1) is 39.8 Å². The molecule has 4 heterocycles. The van der Waals surface area contributed by atoms with Crippen molar-refractivity contribution in [3.63, 3.8) is 0 Å². The van der Waals surface area contributed by atoms with Crippen molar-refractivity contribution in [2.75, 3.05) is 62.2 Å². The molecule has 2 aliphatic rings. The van der Waals surface area contributed by atoms with Crippen LogP contribution < -0.4 is 20.9 Å². The Labute approximate surface area is 276 Å². The SMILES string of the molecule is CC(C)S(=O)(=O)N1CCN(c2cn[nH]c(=O)c2-c2cc(F)cc(F)c2)CC1.CC(C)S(=O)(=O)N1CCN(c2cn[nH]c(=O)c2Cl)CC1. The van der Waals surface area contributed by atoms with E-state index in [4.69, 9.17) is 11.6 Å². The summed E-state index contributed by atoms with van der Waals surface area (Å²) < 4.78 is 78.9. The summed E-state index contributed by atoms with van der Waals surface area (Å²) in [7, 11) is -6.60. The molecule has 2 aliphatic heterocycles. The lowest BCUT2D eigenvalue weighted by Crippen LogP contribution is -2.50. The summed E-state index contributed by atoms with van der Waals surface area (Å²) in [6, 6.07) is 2.89. The molecule has 2 aromatic heterocycles. The molecule has 258 valence electrons. The number of nitrogens with zero attached hydrogens (tertiary/aromatic N) is 6. The highest BCUT2D eigenvalue weighted by Gasteiger charge is 2.32. The molecular formula is C28H37ClF2N8O6S2. The molecule has 1 aromatic carbocycles. The van der Waals surface area contributed by atoms with Crippen molar-refractivity contribution in [1.29, 1.82) is 0 Å². The van der Waals surface area contributed by atoms with E-state index in [1.165, 1.54) is 21.0 Å². The molecule has 0 spiro atoms. The number of aromatic nitrogens is 4. The zero-order valence-corrected chi connectivity index (χ0v) is 28.7. The number of benzene rings is 1. The number of anilines is 2. The highest BCUT2D eigenvalue weighted by atomic mass is 35.5. The topological polar surface area (TPSA) is 173 Å². The van der Waals surface area contributed by atoms with Crippen LogP contribution in [0.3, 0.4) is 0 Å². The van der Waals surface area contributed by atoms with Gasteiger partial charge in [-0.3, -0.25) is 9.59 Å². The third kappa shape index (κ3) is 8.17. The number of hydrogen-bond acceptors (Lipinski definition) is 10. The number of halogens is 3. The van der Waals surface area contributed by atoms with Crippen LogP contribution in [0.2, 0.25) is 5.02 Å². The van der Waals surface area contributed by atoms with Crippen molar-refractivity contribution in [2.45, 2.75) is 38.2 Å². The Kier molecular flexibility index (Phi) is 11.4. The monoisotopic (exact) mass is 718 g/mol. The highest BCUT2D eigenvalue weighted by Crippen LogP contribution is 2.29. The van der Waals surface area contributed by atoms with Gasteiger partial charge in [0.15, 0.2) is 0 Å². The summed E-state index contributed by atoms with van der Waals surface area (Å²) in [5, 5.41) is 11.2. The van der Waals surface area contributed by atoms with E-state index in [1.54, 1.807) is 32.6 Å². The lowest BCUT2D eigenvalue weighted by atomic mass is 10.0. The molecule has 0 bridgehead atoms. The first kappa shape index (κ1) is 36.4. The molecule has 47 heavy (non-hydrogen) atoms. The third-order valence-electron chi connectivity index (χ3n) is 7.83. The van der Waals surface area contributed by atoms with Crippen molar-refractivity contribution < 1.29 is 25.6 Å². The minimum atomic E-state index is -3.36. The van der Waals surface area contributed by atoms with Crippen molar-refractivity contribution in [1.82, 2.24) is 29.0 Å². The van der Waals surface area contributed by atoms with E-state index >= 15 is 0 Å². The number of aromatic amines is 2. The quantitative estimate of drug-likeness (QED) is 0.367. The molecule has 19 heteroatoms. The second kappa shape index (κ2) is 14.8. The van der Waals surface area contributed by atoms with E-state index in [9.17, 15) is 35.2 Å². The van der Waals surface area contributed by atoms with Crippen LogP contribution in [-0.2, 0) is 20.0 Å². The molecule has 3 aromatic rings. The molecule has 0 unspecified atom stereocenters. The fourth-order valence-electron chi connectivity index (χ4n) is 5.16. The number of rotatable bonds is 7. The number of hydrogen-bond donors (Lipinski definition) is 2. The summed E-state index contributed by atoms with van der Waals surface area (Å²) in [5.41, 5.74) is 0.130. The van der Waals surface area contributed by atoms with E-state index in [0.717, 1.165) is 18.2 Å². The molecule has 2 fully saturated rings. The zero-order chi connectivity index (χ0) is 34.7. The lowest BCUT2D eigenvalue weighted by Gasteiger charge is -2.36. The van der Waals surface area contributed by atoms with Crippen molar-refractivity contribution in [3.05, 3.63) is 68.0 Å². The van der Waals surface area contributed by atoms with Crippen LogP contribution in [0, 0.1) is 11.6 Å². The normalized spacial score (nSPS) is 16.8. The molecule has 0 radical (unpaired) electrons. The van der Waals surface area contributed by atoms with Gasteiger partial charge in [0.25, 0.3) is 11.1 Å². The fourth-order valence-corrected chi connectivity index (χ4v) is 7.91. The van der Waals surface area contributed by atoms with E-state index in [-0.39, 0.29) is 29.2 Å². The van der Waals surface area contributed by atoms with Gasteiger partial charge in [-0.1, -0.05) is 11.6 Å². The maximum absolute atomic E-state index is 13.6. The summed E-state index contributed by atoms with van der Waals surface area (Å²) in [4.78, 5) is 27.4. The van der Waals surface area contributed by atoms with Gasteiger partial charge in [-0.05, 0) is 45.4 Å². The van der Waals surface area contributed by atoms with Crippen molar-refractivity contribution in [2.24, 2.45) is 0 Å². The molecule has 14 nitrogen and oxygen atoms in total. The average molecular weight is 719 g/mol. The summed E-state index contributed by atoms with van der Waals surface area (Å²) in [6.45, 7) is 9.48. The Bertz CT molecular complexity index is 1890. The van der Waals surface area contributed by atoms with Crippen LogP contribution in [0.15, 0.2) is 40.2 Å². The van der Waals surface area contributed by atoms with Gasteiger partial charge in [-0.25, -0.2) is 35.8 Å². The first-order valence-electron chi connectivity index (χ1n) is 14.8. The van der Waals surface area contributed by atoms with Crippen LogP contribution in [0.1, 0.15) is 27.7 Å². The maximum atomic E-state index is 13.6. The van der Waals surface area contributed by atoms with Gasteiger partial charge in [0.2, 0.25) is 20.0 Å². The second-order valence-electron chi connectivity index (χ2n) is 11.5. The molecule has 0 aliphatic carbocycles. The summed E-state index contributed by atoms with van der Waals surface area (Å²) in [5.74, 6) is -1.58. The molecule has 0 atom stereocenters. The Morgan fingerprint density at radius 3 is 1.53 bits per heavy atom. The van der Waals surface area contributed by atoms with Gasteiger partial charge < -0.3 is 9.80 Å². The predicted octanol–water partition coefficient (Wildman–Crippen LogP) is 1.86. The van der Waals surface area contributed by atoms with E-state index in [0.29, 0.717) is 50.6 Å². The van der Waals surface area contributed by atoms with Crippen LogP contribution in [-0.4, -0.2) is 109 Å². The molecule has 0 saturated carbocycles. The predicted molar refractivity (Wildman–Crippen MR) is 176 cm³/mol. The van der Waals surface area contributed by atoms with Gasteiger partial charge in [-0.15, -0.1) is 0 Å². The lowest BCUT2D eigenvalue weighted by molar-refractivity contribution is 0.380. The van der Waals surface area contributed by atoms with Crippen LogP contribution in [0.4, 0.5) is 20.2 Å². The molecule has 2 saturated heterocycles. The third-order valence-corrected chi connectivity index (χ3v) is 12.8. The number of piperazine rings is 2. The van der Waals surface area contributed by atoms with Gasteiger partial charge >= 0.3 is 0 Å². The Balaban J connectivity index is 0.000000223. The fraction of sp³-hybridized carbons (Fsp3) is 0.500. The Morgan fingerprint density at radius 1 is 0.681 bits per heavy atom. The van der Waals surface area contributed by atoms with Crippen LogP contribution in [0.25, 0.3) is 11.1 Å². The minimum absolute atomic E-state index is 0.0835. The maximum Gasteiger partial charge on any atom is 0.285 e. The van der Waals surface area contributed by atoms with E-state index < -0.39 is 53.3 Å². The summed E-state index contributed by atoms with van der Waals surface area (Å²) in [6.07, 6.45) is 2.89. The van der Waals surface area contributed by atoms with Crippen molar-refractivity contribution in [3.8, 4) is 11.1 Å². The second-order valence-corrected chi connectivity index (χ2v) is 16.8. The largest absolute Gasteiger partial charge is 0.367 e. The van der Waals surface area contributed by atoms with Crippen LogP contribution in [0.5, 0.6) is 0 Å². The minimum Gasteiger partial charge on any atom is -0.367 e.